The molecule has 1 heterocycles. The second-order valence-electron chi connectivity index (χ2n) is 2.52. The molecule has 0 atom stereocenters. The van der Waals surface area contributed by atoms with Gasteiger partial charge in [0.2, 0.25) is 0 Å². The Morgan fingerprint density at radius 2 is 2.47 bits per heavy atom. The van der Waals surface area contributed by atoms with Gasteiger partial charge in [0.05, 0.1) is 11.2 Å². The van der Waals surface area contributed by atoms with Crippen molar-refractivity contribution in [2.75, 3.05) is 13.8 Å². The number of ether oxygens (including phenoxy) is 1. The summed E-state index contributed by atoms with van der Waals surface area (Å²) in [6, 6.07) is 0. The number of methoxy groups -OCH3 is 1. The summed E-state index contributed by atoms with van der Waals surface area (Å²) in [5.74, 6) is -0.666. The number of nitrogens with one attached hydrogen (secondary N) is 1. The van der Waals surface area contributed by atoms with Crippen molar-refractivity contribution in [2.24, 2.45) is 0 Å². The summed E-state index contributed by atoms with van der Waals surface area (Å²) in [5.41, 5.74) is -0.256. The highest BCUT2D eigenvalue weighted by molar-refractivity contribution is 6.33. The molecular formula is C7H8ClF2N3O2. The number of aromatic nitrogens is 2. The van der Waals surface area contributed by atoms with Crippen LogP contribution in [-0.2, 0) is 4.74 Å². The Morgan fingerprint density at radius 1 is 1.80 bits per heavy atom. The minimum absolute atomic E-state index is 0.0449. The molecule has 0 aliphatic heterocycles. The van der Waals surface area contributed by atoms with E-state index >= 15 is 0 Å². The molecule has 0 fully saturated rings. The zero-order chi connectivity index (χ0) is 11.4. The molecular weight excluding hydrogens is 232 g/mol. The Hall–Kier alpha value is -1.21. The van der Waals surface area contributed by atoms with E-state index in [1.165, 1.54) is 7.11 Å². The van der Waals surface area contributed by atoms with Crippen molar-refractivity contribution in [2.45, 2.75) is 6.55 Å². The second-order valence-corrected chi connectivity index (χ2v) is 2.93. The Kier molecular flexibility index (Phi) is 3.98. The highest BCUT2D eigenvalue weighted by Gasteiger charge is 2.18. The van der Waals surface area contributed by atoms with Crippen LogP contribution in [-0.4, -0.2) is 29.5 Å². The van der Waals surface area contributed by atoms with E-state index in [1.807, 2.05) is 0 Å². The average molecular weight is 240 g/mol. The monoisotopic (exact) mass is 239 g/mol. The highest BCUT2D eigenvalue weighted by Crippen LogP contribution is 2.18. The number of carbonyl (C=O) groups is 1. The lowest BCUT2D eigenvalue weighted by Crippen LogP contribution is -2.26. The van der Waals surface area contributed by atoms with Crippen LogP contribution >= 0.6 is 11.6 Å². The smallest absolute Gasteiger partial charge is 0.333 e. The minimum Gasteiger partial charge on any atom is -0.364 e. The van der Waals surface area contributed by atoms with Crippen LogP contribution in [0.5, 0.6) is 0 Å². The molecule has 0 aliphatic rings. The van der Waals surface area contributed by atoms with Crippen LogP contribution in [0.1, 0.15) is 17.0 Å². The normalized spacial score (nSPS) is 10.7. The lowest BCUT2D eigenvalue weighted by molar-refractivity contribution is 0.0558. The van der Waals surface area contributed by atoms with Gasteiger partial charge in [-0.2, -0.15) is 13.9 Å². The summed E-state index contributed by atoms with van der Waals surface area (Å²) in [5, 5.41) is 5.47. The van der Waals surface area contributed by atoms with Crippen LogP contribution in [0.15, 0.2) is 6.20 Å². The molecule has 0 spiro atoms. The van der Waals surface area contributed by atoms with E-state index in [4.69, 9.17) is 11.6 Å². The van der Waals surface area contributed by atoms with Crippen LogP contribution in [0.25, 0.3) is 0 Å². The number of hydrogen-bond donors (Lipinski definition) is 1. The van der Waals surface area contributed by atoms with Gasteiger partial charge < -0.3 is 10.1 Å². The maximum Gasteiger partial charge on any atom is 0.333 e. The molecule has 5 nitrogen and oxygen atoms in total. The van der Waals surface area contributed by atoms with Gasteiger partial charge in [-0.1, -0.05) is 11.6 Å². The van der Waals surface area contributed by atoms with Crippen molar-refractivity contribution < 1.29 is 18.3 Å². The summed E-state index contributed by atoms with van der Waals surface area (Å²) in [6.45, 7) is -2.87. The van der Waals surface area contributed by atoms with Gasteiger partial charge in [-0.15, -0.1) is 0 Å². The number of hydrogen-bond acceptors (Lipinski definition) is 3. The first-order valence-electron chi connectivity index (χ1n) is 3.86. The molecule has 0 aliphatic carbocycles. The molecule has 0 saturated heterocycles. The van der Waals surface area contributed by atoms with Gasteiger partial charge in [0.1, 0.15) is 6.73 Å². The number of alkyl halides is 2. The largest absolute Gasteiger partial charge is 0.364 e. The summed E-state index contributed by atoms with van der Waals surface area (Å²) in [7, 11) is 1.37. The fourth-order valence-electron chi connectivity index (χ4n) is 0.845. The fraction of sp³-hybridized carbons (Fsp3) is 0.429. The Balaban J connectivity index is 2.80. The molecule has 0 saturated carbocycles. The number of carbonyl (C=O) groups excluding carboxylic acids is 1. The molecule has 1 amide bonds. The van der Waals surface area contributed by atoms with Gasteiger partial charge in [-0.3, -0.25) is 4.79 Å². The molecule has 0 aromatic carbocycles. The third-order valence-corrected chi connectivity index (χ3v) is 1.76. The van der Waals surface area contributed by atoms with Crippen molar-refractivity contribution in [3.05, 3.63) is 16.9 Å². The van der Waals surface area contributed by atoms with Gasteiger partial charge >= 0.3 is 6.55 Å². The molecule has 1 N–H and O–H groups in total. The van der Waals surface area contributed by atoms with Crippen LogP contribution in [0, 0.1) is 0 Å². The van der Waals surface area contributed by atoms with Gasteiger partial charge in [0.15, 0.2) is 5.69 Å². The highest BCUT2D eigenvalue weighted by atomic mass is 35.5. The van der Waals surface area contributed by atoms with Crippen molar-refractivity contribution in [1.82, 2.24) is 15.1 Å². The van der Waals surface area contributed by atoms with Crippen LogP contribution < -0.4 is 5.32 Å². The first kappa shape index (κ1) is 11.9. The number of halogens is 3. The lowest BCUT2D eigenvalue weighted by Gasteiger charge is -2.00. The van der Waals surface area contributed by atoms with Crippen molar-refractivity contribution in [3.8, 4) is 0 Å². The third kappa shape index (κ3) is 2.87. The second kappa shape index (κ2) is 5.04. The number of amides is 1. The minimum atomic E-state index is -2.83. The zero-order valence-corrected chi connectivity index (χ0v) is 8.46. The number of rotatable bonds is 4. The SMILES string of the molecule is COCNC(=O)c1nn(C(F)F)cc1Cl. The van der Waals surface area contributed by atoms with Gasteiger partial charge in [-0.25, -0.2) is 4.68 Å². The molecule has 1 aromatic heterocycles. The van der Waals surface area contributed by atoms with Crippen molar-refractivity contribution >= 4 is 17.5 Å². The molecule has 84 valence electrons. The molecule has 15 heavy (non-hydrogen) atoms. The van der Waals surface area contributed by atoms with Crippen LogP contribution in [0.3, 0.4) is 0 Å². The summed E-state index contributed by atoms with van der Waals surface area (Å²) >= 11 is 5.54. The molecule has 0 unspecified atom stereocenters. The standard InChI is InChI=1S/C7H8ClF2N3O2/c1-15-3-11-6(14)5-4(8)2-13(12-5)7(9)10/h2,7H,3H2,1H3,(H,11,14). The van der Waals surface area contributed by atoms with Gasteiger partial charge in [0, 0.05) is 7.11 Å². The Morgan fingerprint density at radius 3 is 2.93 bits per heavy atom. The molecule has 0 radical (unpaired) electrons. The lowest BCUT2D eigenvalue weighted by atomic mass is 10.4. The van der Waals surface area contributed by atoms with Crippen LogP contribution in [0.4, 0.5) is 8.78 Å². The van der Waals surface area contributed by atoms with E-state index in [1.54, 1.807) is 0 Å². The van der Waals surface area contributed by atoms with Gasteiger partial charge in [-0.05, 0) is 0 Å². The molecule has 1 aromatic rings. The van der Waals surface area contributed by atoms with E-state index in [0.717, 1.165) is 6.20 Å². The zero-order valence-electron chi connectivity index (χ0n) is 7.71. The van der Waals surface area contributed by atoms with E-state index in [2.05, 4.69) is 15.2 Å². The summed E-state index contributed by atoms with van der Waals surface area (Å²) < 4.78 is 29.2. The number of nitrogens with zero attached hydrogens (tertiary/aromatic N) is 2. The fourth-order valence-corrected chi connectivity index (χ4v) is 1.07. The predicted molar refractivity (Wildman–Crippen MR) is 47.8 cm³/mol. The first-order chi connectivity index (χ1) is 7.06. The topological polar surface area (TPSA) is 56.1 Å². The maximum atomic E-state index is 12.2. The van der Waals surface area contributed by atoms with Crippen molar-refractivity contribution in [1.29, 1.82) is 0 Å². The van der Waals surface area contributed by atoms with Crippen molar-refractivity contribution in [3.63, 3.8) is 0 Å². The molecule has 0 bridgehead atoms. The maximum absolute atomic E-state index is 12.2. The molecule has 1 rings (SSSR count). The Labute approximate surface area is 89.0 Å². The average Bonchev–Trinajstić information content (AvgIpc) is 2.57. The summed E-state index contributed by atoms with van der Waals surface area (Å²) in [4.78, 5) is 11.3. The third-order valence-electron chi connectivity index (χ3n) is 1.48. The molecule has 8 heteroatoms. The van der Waals surface area contributed by atoms with E-state index in [0.29, 0.717) is 4.68 Å². The van der Waals surface area contributed by atoms with Gasteiger partial charge in [0.25, 0.3) is 5.91 Å². The summed E-state index contributed by atoms with van der Waals surface area (Å²) in [6.07, 6.45) is 0.883. The quantitative estimate of drug-likeness (QED) is 0.805. The van der Waals surface area contributed by atoms with Crippen LogP contribution in [0.2, 0.25) is 5.02 Å². The van der Waals surface area contributed by atoms with E-state index in [-0.39, 0.29) is 17.4 Å². The first-order valence-corrected chi connectivity index (χ1v) is 4.24. The van der Waals surface area contributed by atoms with E-state index < -0.39 is 12.5 Å². The predicted octanol–water partition coefficient (Wildman–Crippen LogP) is 1.27. The van der Waals surface area contributed by atoms with E-state index in [9.17, 15) is 13.6 Å². The Bertz CT molecular complexity index is 356.